The van der Waals surface area contributed by atoms with Gasteiger partial charge >= 0.3 is 16.1 Å². The molecule has 1 amide bonds. The number of amides is 1. The summed E-state index contributed by atoms with van der Waals surface area (Å²) in [5, 5.41) is 0. The molecule has 32 heavy (non-hydrogen) atoms. The van der Waals surface area contributed by atoms with Crippen LogP contribution in [-0.4, -0.2) is 37.3 Å². The van der Waals surface area contributed by atoms with E-state index < -0.39 is 22.2 Å². The van der Waals surface area contributed by atoms with Crippen LogP contribution in [0.1, 0.15) is 57.5 Å². The molecular formula is C24H31NO6S. The smallest absolute Gasteiger partial charge is 0.340 e. The summed E-state index contributed by atoms with van der Waals surface area (Å²) in [6, 6.07) is 12.3. The first kappa shape index (κ1) is 25.4. The van der Waals surface area contributed by atoms with Gasteiger partial charge in [0.05, 0.1) is 11.7 Å². The van der Waals surface area contributed by atoms with Gasteiger partial charge in [0, 0.05) is 18.5 Å². The maximum Gasteiger partial charge on any atom is 0.340 e. The predicted octanol–water partition coefficient (Wildman–Crippen LogP) is 4.41. The van der Waals surface area contributed by atoms with Crippen LogP contribution in [0.5, 0.6) is 5.75 Å². The first-order chi connectivity index (χ1) is 14.9. The topological polar surface area (TPSA) is 90.0 Å². The van der Waals surface area contributed by atoms with Crippen LogP contribution in [0.3, 0.4) is 0 Å². The molecule has 0 unspecified atom stereocenters. The van der Waals surface area contributed by atoms with Crippen molar-refractivity contribution in [2.75, 3.05) is 0 Å². The Bertz CT molecular complexity index is 1060. The van der Waals surface area contributed by atoms with E-state index in [0.29, 0.717) is 6.54 Å². The molecule has 0 aromatic heterocycles. The molecule has 0 bridgehead atoms. The van der Waals surface area contributed by atoms with E-state index in [0.717, 1.165) is 5.56 Å². The molecule has 2 aromatic rings. The summed E-state index contributed by atoms with van der Waals surface area (Å²) in [5.41, 5.74) is 0.638. The first-order valence-corrected chi connectivity index (χ1v) is 12.0. The highest BCUT2D eigenvalue weighted by molar-refractivity contribution is 7.87. The van der Waals surface area contributed by atoms with Crippen molar-refractivity contribution in [1.82, 2.24) is 4.90 Å². The van der Waals surface area contributed by atoms with Crippen LogP contribution in [0.4, 0.5) is 0 Å². The second kappa shape index (κ2) is 10.6. The minimum atomic E-state index is -4.30. The summed E-state index contributed by atoms with van der Waals surface area (Å²) in [5.74, 6) is -0.789. The van der Waals surface area contributed by atoms with Gasteiger partial charge in [-0.05, 0) is 57.5 Å². The van der Waals surface area contributed by atoms with Gasteiger partial charge in [-0.2, -0.15) is 8.42 Å². The SMILES string of the molecule is CC(C)OC(=O)c1ccccc1S(=O)(=O)Oc1cccc(CN(C(=O)C(C)C)C(C)C)c1. The van der Waals surface area contributed by atoms with Gasteiger partial charge in [-0.3, -0.25) is 4.79 Å². The Hall–Kier alpha value is -2.87. The van der Waals surface area contributed by atoms with Gasteiger partial charge in [0.15, 0.2) is 0 Å². The fourth-order valence-corrected chi connectivity index (χ4v) is 4.15. The highest BCUT2D eigenvalue weighted by Crippen LogP contribution is 2.24. The molecule has 0 heterocycles. The van der Waals surface area contributed by atoms with Crippen LogP contribution >= 0.6 is 0 Å². The zero-order chi connectivity index (χ0) is 24.1. The second-order valence-electron chi connectivity index (χ2n) is 8.35. The molecule has 0 saturated heterocycles. The molecular weight excluding hydrogens is 430 g/mol. The Morgan fingerprint density at radius 1 is 0.938 bits per heavy atom. The molecule has 0 saturated carbocycles. The number of benzene rings is 2. The van der Waals surface area contributed by atoms with Crippen molar-refractivity contribution < 1.29 is 26.9 Å². The number of esters is 1. The third kappa shape index (κ3) is 6.56. The molecule has 7 nitrogen and oxygen atoms in total. The van der Waals surface area contributed by atoms with Gasteiger partial charge in [-0.25, -0.2) is 4.79 Å². The molecule has 0 atom stereocenters. The Morgan fingerprint density at radius 3 is 2.19 bits per heavy atom. The summed E-state index contributed by atoms with van der Waals surface area (Å²) >= 11 is 0. The van der Waals surface area contributed by atoms with Crippen LogP contribution in [-0.2, 0) is 26.2 Å². The molecule has 0 spiro atoms. The van der Waals surface area contributed by atoms with Gasteiger partial charge in [-0.1, -0.05) is 38.1 Å². The average Bonchev–Trinajstić information content (AvgIpc) is 2.70. The molecule has 0 fully saturated rings. The normalized spacial score (nSPS) is 11.7. The third-order valence-corrected chi connectivity index (χ3v) is 5.88. The third-order valence-electron chi connectivity index (χ3n) is 4.58. The Morgan fingerprint density at radius 2 is 1.59 bits per heavy atom. The lowest BCUT2D eigenvalue weighted by atomic mass is 10.1. The van der Waals surface area contributed by atoms with Crippen LogP contribution in [0, 0.1) is 5.92 Å². The Labute approximate surface area is 190 Å². The second-order valence-corrected chi connectivity index (χ2v) is 9.86. The Kier molecular flexibility index (Phi) is 8.44. The van der Waals surface area contributed by atoms with Crippen LogP contribution in [0.15, 0.2) is 53.4 Å². The summed E-state index contributed by atoms with van der Waals surface area (Å²) in [6.45, 7) is 11.2. The maximum absolute atomic E-state index is 13.0. The van der Waals surface area contributed by atoms with Gasteiger partial charge in [-0.15, -0.1) is 0 Å². The molecule has 0 aliphatic carbocycles. The number of hydrogen-bond acceptors (Lipinski definition) is 6. The standard InChI is InChI=1S/C24H31NO6S/c1-16(2)23(26)25(17(3)4)15-19-10-9-11-20(14-19)31-32(28,29)22-13-8-7-12-21(22)24(27)30-18(5)6/h7-14,16-18H,15H2,1-6H3. The largest absolute Gasteiger partial charge is 0.459 e. The number of nitrogens with zero attached hydrogens (tertiary/aromatic N) is 1. The van der Waals surface area contributed by atoms with E-state index in [4.69, 9.17) is 8.92 Å². The van der Waals surface area contributed by atoms with E-state index in [9.17, 15) is 18.0 Å². The molecule has 0 aliphatic heterocycles. The monoisotopic (exact) mass is 461 g/mol. The zero-order valence-corrected chi connectivity index (χ0v) is 20.2. The number of hydrogen-bond donors (Lipinski definition) is 0. The van der Waals surface area contributed by atoms with Gasteiger partial charge < -0.3 is 13.8 Å². The van der Waals surface area contributed by atoms with Crippen molar-refractivity contribution in [3.8, 4) is 5.75 Å². The number of rotatable bonds is 9. The van der Waals surface area contributed by atoms with E-state index in [-0.39, 0.29) is 34.1 Å². The zero-order valence-electron chi connectivity index (χ0n) is 19.4. The van der Waals surface area contributed by atoms with Crippen molar-refractivity contribution in [1.29, 1.82) is 0 Å². The molecule has 2 rings (SSSR count). The molecule has 2 aromatic carbocycles. The van der Waals surface area contributed by atoms with Crippen molar-refractivity contribution in [3.05, 3.63) is 59.7 Å². The average molecular weight is 462 g/mol. The van der Waals surface area contributed by atoms with Crippen molar-refractivity contribution >= 4 is 22.0 Å². The van der Waals surface area contributed by atoms with E-state index in [1.807, 2.05) is 27.7 Å². The van der Waals surface area contributed by atoms with E-state index in [1.54, 1.807) is 43.0 Å². The van der Waals surface area contributed by atoms with Gasteiger partial charge in [0.25, 0.3) is 0 Å². The summed E-state index contributed by atoms with van der Waals surface area (Å²) in [7, 11) is -4.30. The van der Waals surface area contributed by atoms with Crippen molar-refractivity contribution in [3.63, 3.8) is 0 Å². The summed E-state index contributed by atoms with van der Waals surface area (Å²) in [4.78, 5) is 26.3. The first-order valence-electron chi connectivity index (χ1n) is 10.6. The van der Waals surface area contributed by atoms with E-state index in [1.165, 1.54) is 24.3 Å². The lowest BCUT2D eigenvalue weighted by Crippen LogP contribution is -2.38. The maximum atomic E-state index is 13.0. The van der Waals surface area contributed by atoms with Gasteiger partial charge in [0.1, 0.15) is 10.6 Å². The molecule has 0 N–H and O–H groups in total. The summed E-state index contributed by atoms with van der Waals surface area (Å²) < 4.78 is 36.4. The van der Waals surface area contributed by atoms with E-state index in [2.05, 4.69) is 0 Å². The van der Waals surface area contributed by atoms with E-state index >= 15 is 0 Å². The van der Waals surface area contributed by atoms with Gasteiger partial charge in [0.2, 0.25) is 5.91 Å². The number of carbonyl (C=O) groups excluding carboxylic acids is 2. The quantitative estimate of drug-likeness (QED) is 0.406. The molecule has 0 aliphatic rings. The molecule has 174 valence electrons. The highest BCUT2D eigenvalue weighted by atomic mass is 32.2. The lowest BCUT2D eigenvalue weighted by Gasteiger charge is -2.28. The van der Waals surface area contributed by atoms with Crippen LogP contribution in [0.25, 0.3) is 0 Å². The fourth-order valence-electron chi connectivity index (χ4n) is 3.04. The Balaban J connectivity index is 2.31. The molecule has 0 radical (unpaired) electrons. The fraction of sp³-hybridized carbons (Fsp3) is 0.417. The highest BCUT2D eigenvalue weighted by Gasteiger charge is 2.26. The predicted molar refractivity (Wildman–Crippen MR) is 122 cm³/mol. The van der Waals surface area contributed by atoms with Crippen molar-refractivity contribution in [2.45, 2.75) is 65.1 Å². The summed E-state index contributed by atoms with van der Waals surface area (Å²) in [6.07, 6.45) is -0.395. The lowest BCUT2D eigenvalue weighted by molar-refractivity contribution is -0.136. The number of ether oxygens (including phenoxy) is 1. The van der Waals surface area contributed by atoms with Crippen LogP contribution < -0.4 is 4.18 Å². The van der Waals surface area contributed by atoms with Crippen LogP contribution in [0.2, 0.25) is 0 Å². The minimum absolute atomic E-state index is 0.0107. The van der Waals surface area contributed by atoms with Crippen molar-refractivity contribution in [2.24, 2.45) is 5.92 Å². The minimum Gasteiger partial charge on any atom is -0.459 e. The molecule has 8 heteroatoms. The number of carbonyl (C=O) groups is 2.